The number of aryl methyl sites for hydroxylation is 1. The Balaban J connectivity index is 1.50. The molecule has 1 aromatic carbocycles. The van der Waals surface area contributed by atoms with E-state index in [1.54, 1.807) is 12.4 Å². The summed E-state index contributed by atoms with van der Waals surface area (Å²) in [5, 5.41) is 3.29. The van der Waals surface area contributed by atoms with Gasteiger partial charge in [-0.15, -0.1) is 0 Å². The van der Waals surface area contributed by atoms with Gasteiger partial charge in [0.1, 0.15) is 17.4 Å². The Morgan fingerprint density at radius 2 is 2.30 bits per heavy atom. The van der Waals surface area contributed by atoms with Crippen LogP contribution in [-0.2, 0) is 11.8 Å². The molecular weight excluding hydrogens is 299 g/mol. The van der Waals surface area contributed by atoms with Crippen LogP contribution in [0.3, 0.4) is 0 Å². The fraction of sp³-hybridized carbons (Fsp3) is 0.375. The summed E-state index contributed by atoms with van der Waals surface area (Å²) in [5.74, 6) is -0.320. The van der Waals surface area contributed by atoms with Gasteiger partial charge in [0.25, 0.3) is 6.01 Å². The molecule has 2 aromatic heterocycles. The molecule has 4 rings (SSSR count). The van der Waals surface area contributed by atoms with E-state index < -0.39 is 0 Å². The molecule has 3 aromatic rings. The molecule has 3 heterocycles. The third-order valence-electron chi connectivity index (χ3n) is 4.14. The highest BCUT2D eigenvalue weighted by molar-refractivity contribution is 5.74. The van der Waals surface area contributed by atoms with E-state index in [0.29, 0.717) is 23.7 Å². The van der Waals surface area contributed by atoms with E-state index in [9.17, 15) is 4.39 Å². The van der Waals surface area contributed by atoms with Crippen LogP contribution in [0.5, 0.6) is 0 Å². The first-order chi connectivity index (χ1) is 11.2. The molecule has 120 valence electrons. The minimum absolute atomic E-state index is 0.00410. The van der Waals surface area contributed by atoms with Crippen molar-refractivity contribution >= 4 is 17.1 Å². The summed E-state index contributed by atoms with van der Waals surface area (Å²) in [4.78, 5) is 8.44. The molecule has 7 heteroatoms. The van der Waals surface area contributed by atoms with E-state index in [1.165, 1.54) is 12.1 Å². The van der Waals surface area contributed by atoms with Crippen LogP contribution in [0.1, 0.15) is 24.6 Å². The van der Waals surface area contributed by atoms with Crippen LogP contribution >= 0.6 is 0 Å². The lowest BCUT2D eigenvalue weighted by Crippen LogP contribution is -2.30. The highest BCUT2D eigenvalue weighted by Crippen LogP contribution is 2.30. The Morgan fingerprint density at radius 3 is 3.13 bits per heavy atom. The number of imidazole rings is 1. The number of anilines is 1. The molecule has 0 unspecified atom stereocenters. The van der Waals surface area contributed by atoms with Crippen molar-refractivity contribution in [3.63, 3.8) is 0 Å². The second-order valence-corrected chi connectivity index (χ2v) is 5.79. The van der Waals surface area contributed by atoms with Crippen LogP contribution < -0.4 is 5.32 Å². The maximum absolute atomic E-state index is 13.2. The first-order valence-corrected chi connectivity index (χ1v) is 7.59. The van der Waals surface area contributed by atoms with Crippen molar-refractivity contribution in [1.82, 2.24) is 14.5 Å². The fourth-order valence-electron chi connectivity index (χ4n) is 2.95. The molecule has 6 nitrogen and oxygen atoms in total. The lowest BCUT2D eigenvalue weighted by Gasteiger charge is -2.29. The Morgan fingerprint density at radius 1 is 1.39 bits per heavy atom. The van der Waals surface area contributed by atoms with Crippen molar-refractivity contribution in [2.24, 2.45) is 7.05 Å². The standard InChI is InChI=1S/C16H17FN4O2/c1-21-9-18-8-13(21)15-7-11(4-5-22-15)19-16-20-12-6-10(17)2-3-14(12)23-16/h2-3,6,8-9,11,15H,4-5,7H2,1H3,(H,19,20)/t11-,15+/m1/s1. The average molecular weight is 316 g/mol. The van der Waals surface area contributed by atoms with E-state index in [0.717, 1.165) is 18.5 Å². The molecule has 0 amide bonds. The minimum Gasteiger partial charge on any atom is -0.424 e. The van der Waals surface area contributed by atoms with Gasteiger partial charge in [0.05, 0.1) is 18.2 Å². The van der Waals surface area contributed by atoms with Crippen LogP contribution in [-0.4, -0.2) is 27.2 Å². The van der Waals surface area contributed by atoms with E-state index in [2.05, 4.69) is 15.3 Å². The summed E-state index contributed by atoms with van der Waals surface area (Å²) >= 11 is 0. The molecule has 1 aliphatic heterocycles. The third kappa shape index (κ3) is 2.79. The van der Waals surface area contributed by atoms with Crippen molar-refractivity contribution in [2.75, 3.05) is 11.9 Å². The van der Waals surface area contributed by atoms with Crippen molar-refractivity contribution < 1.29 is 13.5 Å². The van der Waals surface area contributed by atoms with Crippen molar-refractivity contribution in [2.45, 2.75) is 25.0 Å². The Bertz CT molecular complexity index is 828. The maximum Gasteiger partial charge on any atom is 0.295 e. The minimum atomic E-state index is -0.320. The molecule has 1 aliphatic rings. The Labute approximate surface area is 132 Å². The van der Waals surface area contributed by atoms with Gasteiger partial charge in [-0.05, 0) is 25.0 Å². The van der Waals surface area contributed by atoms with Gasteiger partial charge in [-0.1, -0.05) is 0 Å². The summed E-state index contributed by atoms with van der Waals surface area (Å²) in [5.41, 5.74) is 2.14. The molecule has 1 saturated heterocycles. The molecule has 1 fully saturated rings. The van der Waals surface area contributed by atoms with Gasteiger partial charge in [0.2, 0.25) is 0 Å². The van der Waals surface area contributed by atoms with Crippen LogP contribution in [0.25, 0.3) is 11.1 Å². The first kappa shape index (κ1) is 14.2. The van der Waals surface area contributed by atoms with Gasteiger partial charge in [0.15, 0.2) is 5.58 Å². The zero-order valence-electron chi connectivity index (χ0n) is 12.7. The van der Waals surface area contributed by atoms with E-state index >= 15 is 0 Å². The van der Waals surface area contributed by atoms with Gasteiger partial charge in [0, 0.05) is 25.8 Å². The van der Waals surface area contributed by atoms with Crippen LogP contribution in [0, 0.1) is 5.82 Å². The van der Waals surface area contributed by atoms with Gasteiger partial charge in [-0.3, -0.25) is 0 Å². The summed E-state index contributed by atoms with van der Waals surface area (Å²) in [6.45, 7) is 0.655. The number of hydrogen-bond donors (Lipinski definition) is 1. The SMILES string of the molecule is Cn1cncc1[C@@H]1C[C@H](Nc2nc3cc(F)ccc3o2)CCO1. The van der Waals surface area contributed by atoms with Crippen molar-refractivity contribution in [3.8, 4) is 0 Å². The first-order valence-electron chi connectivity index (χ1n) is 7.59. The number of hydrogen-bond acceptors (Lipinski definition) is 5. The monoisotopic (exact) mass is 316 g/mol. The van der Waals surface area contributed by atoms with E-state index in [4.69, 9.17) is 9.15 Å². The van der Waals surface area contributed by atoms with E-state index in [1.807, 2.05) is 17.8 Å². The number of fused-ring (bicyclic) bond motifs is 1. The Hall–Kier alpha value is -2.41. The summed E-state index contributed by atoms with van der Waals surface area (Å²) in [7, 11) is 1.96. The molecule has 0 spiro atoms. The third-order valence-corrected chi connectivity index (χ3v) is 4.14. The number of rotatable bonds is 3. The van der Waals surface area contributed by atoms with Gasteiger partial charge < -0.3 is 19.0 Å². The lowest BCUT2D eigenvalue weighted by molar-refractivity contribution is 0.00530. The second kappa shape index (κ2) is 5.66. The topological polar surface area (TPSA) is 65.1 Å². The van der Waals surface area contributed by atoms with Crippen molar-refractivity contribution in [1.29, 1.82) is 0 Å². The van der Waals surface area contributed by atoms with Crippen LogP contribution in [0.15, 0.2) is 35.1 Å². The number of nitrogens with one attached hydrogen (secondary N) is 1. The number of aromatic nitrogens is 3. The fourth-order valence-corrected chi connectivity index (χ4v) is 2.95. The highest BCUT2D eigenvalue weighted by atomic mass is 19.1. The molecule has 0 saturated carbocycles. The van der Waals surface area contributed by atoms with Crippen molar-refractivity contribution in [3.05, 3.63) is 42.2 Å². The predicted molar refractivity (Wildman–Crippen MR) is 82.5 cm³/mol. The van der Waals surface area contributed by atoms with Gasteiger partial charge in [-0.25, -0.2) is 9.37 Å². The zero-order valence-corrected chi connectivity index (χ0v) is 12.7. The lowest BCUT2D eigenvalue weighted by atomic mass is 10.0. The number of benzene rings is 1. The van der Waals surface area contributed by atoms with E-state index in [-0.39, 0.29) is 18.0 Å². The molecular formula is C16H17FN4O2. The predicted octanol–water partition coefficient (Wildman–Crippen LogP) is 3.03. The van der Waals surface area contributed by atoms with Gasteiger partial charge in [-0.2, -0.15) is 4.98 Å². The Kier molecular flexibility index (Phi) is 3.49. The smallest absolute Gasteiger partial charge is 0.295 e. The summed E-state index contributed by atoms with van der Waals surface area (Å²) in [6.07, 6.45) is 5.25. The molecule has 0 aliphatic carbocycles. The molecule has 0 bridgehead atoms. The zero-order chi connectivity index (χ0) is 15.8. The number of oxazole rings is 1. The normalized spacial score (nSPS) is 21.7. The molecule has 0 radical (unpaired) electrons. The van der Waals surface area contributed by atoms with Crippen LogP contribution in [0.2, 0.25) is 0 Å². The maximum atomic E-state index is 13.2. The number of halogens is 1. The average Bonchev–Trinajstić information content (AvgIpc) is 3.12. The largest absolute Gasteiger partial charge is 0.424 e. The quantitative estimate of drug-likeness (QED) is 0.804. The molecule has 23 heavy (non-hydrogen) atoms. The summed E-state index contributed by atoms with van der Waals surface area (Å²) in [6, 6.07) is 4.92. The number of ether oxygens (including phenoxy) is 1. The number of nitrogens with zero attached hydrogens (tertiary/aromatic N) is 3. The van der Waals surface area contributed by atoms with Gasteiger partial charge >= 0.3 is 0 Å². The molecule has 1 N–H and O–H groups in total. The summed E-state index contributed by atoms with van der Waals surface area (Å²) < 4.78 is 26.7. The highest BCUT2D eigenvalue weighted by Gasteiger charge is 2.26. The molecule has 2 atom stereocenters. The second-order valence-electron chi connectivity index (χ2n) is 5.79. The van der Waals surface area contributed by atoms with Crippen LogP contribution in [0.4, 0.5) is 10.4 Å².